The molecule has 0 bridgehead atoms. The lowest BCUT2D eigenvalue weighted by Gasteiger charge is -2.26. The van der Waals surface area contributed by atoms with E-state index in [0.717, 1.165) is 13.1 Å². The van der Waals surface area contributed by atoms with E-state index in [1.54, 1.807) is 24.5 Å². The average molecular weight is 317 g/mol. The van der Waals surface area contributed by atoms with Crippen molar-refractivity contribution >= 4 is 5.91 Å². The molecule has 2 fully saturated rings. The van der Waals surface area contributed by atoms with Crippen LogP contribution in [0.3, 0.4) is 0 Å². The van der Waals surface area contributed by atoms with Gasteiger partial charge in [-0.15, -0.1) is 0 Å². The predicted molar refractivity (Wildman–Crippen MR) is 89.1 cm³/mol. The molecule has 1 saturated carbocycles. The van der Waals surface area contributed by atoms with Crippen LogP contribution >= 0.6 is 0 Å². The number of carbonyl (C=O) groups excluding carboxylic acids is 1. The summed E-state index contributed by atoms with van der Waals surface area (Å²) in [5.74, 6) is 0.0580. The number of rotatable bonds is 4. The van der Waals surface area contributed by atoms with E-state index in [4.69, 9.17) is 0 Å². The summed E-state index contributed by atoms with van der Waals surface area (Å²) in [6, 6.07) is 4.10. The average Bonchev–Trinajstić information content (AvgIpc) is 2.81. The number of hydrogen-bond donors (Lipinski definition) is 2. The van der Waals surface area contributed by atoms with Crippen LogP contribution in [0.1, 0.15) is 48.9 Å². The van der Waals surface area contributed by atoms with Crippen LogP contribution in [-0.4, -0.2) is 52.7 Å². The summed E-state index contributed by atoms with van der Waals surface area (Å²) in [6.07, 6.45) is 11.1. The number of hydrogen-bond acceptors (Lipinski definition) is 4. The van der Waals surface area contributed by atoms with Crippen molar-refractivity contribution in [1.29, 1.82) is 0 Å². The fraction of sp³-hybridized carbons (Fsp3) is 0.667. The third-order valence-corrected chi connectivity index (χ3v) is 5.30. The van der Waals surface area contributed by atoms with Gasteiger partial charge in [0, 0.05) is 55.7 Å². The van der Waals surface area contributed by atoms with Crippen LogP contribution < -0.4 is 5.32 Å². The first-order valence-corrected chi connectivity index (χ1v) is 8.83. The molecule has 2 aliphatic rings. The summed E-state index contributed by atoms with van der Waals surface area (Å²) in [5, 5.41) is 12.8. The third-order valence-electron chi connectivity index (χ3n) is 5.30. The van der Waals surface area contributed by atoms with Crippen molar-refractivity contribution in [3.8, 4) is 0 Å². The van der Waals surface area contributed by atoms with Crippen LogP contribution in [0.5, 0.6) is 0 Å². The molecule has 0 unspecified atom stereocenters. The summed E-state index contributed by atoms with van der Waals surface area (Å²) >= 11 is 0. The SMILES string of the molecule is O=C(N[C@@H]1CN(C2CCCCCC2)C[C@H]1CO)c1ccncc1. The summed E-state index contributed by atoms with van der Waals surface area (Å²) in [7, 11) is 0. The fourth-order valence-electron chi connectivity index (χ4n) is 3.93. The van der Waals surface area contributed by atoms with Crippen molar-refractivity contribution in [1.82, 2.24) is 15.2 Å². The van der Waals surface area contributed by atoms with E-state index in [2.05, 4.69) is 15.2 Å². The second kappa shape index (κ2) is 7.88. The molecule has 5 heteroatoms. The van der Waals surface area contributed by atoms with Gasteiger partial charge in [-0.1, -0.05) is 25.7 Å². The Hall–Kier alpha value is -1.46. The Bertz CT molecular complexity index is 500. The highest BCUT2D eigenvalue weighted by molar-refractivity contribution is 5.94. The summed E-state index contributed by atoms with van der Waals surface area (Å²) in [5.41, 5.74) is 0.629. The van der Waals surface area contributed by atoms with Crippen molar-refractivity contribution in [3.05, 3.63) is 30.1 Å². The zero-order chi connectivity index (χ0) is 16.1. The molecule has 0 spiro atoms. The number of amides is 1. The van der Waals surface area contributed by atoms with Gasteiger partial charge in [-0.05, 0) is 25.0 Å². The Balaban J connectivity index is 1.61. The van der Waals surface area contributed by atoms with Gasteiger partial charge in [0.2, 0.25) is 0 Å². The molecular formula is C18H27N3O2. The molecular weight excluding hydrogens is 290 g/mol. The Labute approximate surface area is 138 Å². The van der Waals surface area contributed by atoms with E-state index in [9.17, 15) is 9.90 Å². The summed E-state index contributed by atoms with van der Waals surface area (Å²) in [6.45, 7) is 1.87. The van der Waals surface area contributed by atoms with Gasteiger partial charge in [0.1, 0.15) is 0 Å². The van der Waals surface area contributed by atoms with E-state index in [1.165, 1.54) is 38.5 Å². The molecule has 3 rings (SSSR count). The zero-order valence-electron chi connectivity index (χ0n) is 13.7. The Morgan fingerprint density at radius 1 is 1.17 bits per heavy atom. The highest BCUT2D eigenvalue weighted by Gasteiger charge is 2.36. The summed E-state index contributed by atoms with van der Waals surface area (Å²) in [4.78, 5) is 18.8. The van der Waals surface area contributed by atoms with Gasteiger partial charge >= 0.3 is 0 Å². The topological polar surface area (TPSA) is 65.5 Å². The number of likely N-dealkylation sites (tertiary alicyclic amines) is 1. The lowest BCUT2D eigenvalue weighted by atomic mass is 10.0. The Morgan fingerprint density at radius 3 is 2.52 bits per heavy atom. The second-order valence-corrected chi connectivity index (χ2v) is 6.86. The molecule has 1 aromatic heterocycles. The first-order valence-electron chi connectivity index (χ1n) is 8.83. The van der Waals surface area contributed by atoms with E-state index < -0.39 is 0 Å². The molecule has 1 aromatic rings. The monoisotopic (exact) mass is 317 g/mol. The molecule has 0 aromatic carbocycles. The Kier molecular flexibility index (Phi) is 5.62. The Morgan fingerprint density at radius 2 is 1.87 bits per heavy atom. The quantitative estimate of drug-likeness (QED) is 0.832. The maximum Gasteiger partial charge on any atom is 0.251 e. The largest absolute Gasteiger partial charge is 0.396 e. The number of carbonyl (C=O) groups is 1. The molecule has 1 amide bonds. The molecule has 23 heavy (non-hydrogen) atoms. The molecule has 5 nitrogen and oxygen atoms in total. The van der Waals surface area contributed by atoms with Crippen LogP contribution in [0.2, 0.25) is 0 Å². The first-order chi connectivity index (χ1) is 11.3. The molecule has 2 N–H and O–H groups in total. The van der Waals surface area contributed by atoms with Gasteiger partial charge < -0.3 is 10.4 Å². The molecule has 1 aliphatic heterocycles. The predicted octanol–water partition coefficient (Wildman–Crippen LogP) is 1.83. The maximum atomic E-state index is 12.4. The van der Waals surface area contributed by atoms with E-state index in [-0.39, 0.29) is 24.5 Å². The standard InChI is InChI=1S/C18H27N3O2/c22-13-15-11-21(16-5-3-1-2-4-6-16)12-17(15)20-18(23)14-7-9-19-10-8-14/h7-10,15-17,22H,1-6,11-13H2,(H,20,23)/t15-,17+/m0/s1. The number of pyridine rings is 1. The van der Waals surface area contributed by atoms with Gasteiger partial charge in [0.25, 0.3) is 5.91 Å². The zero-order valence-corrected chi connectivity index (χ0v) is 13.7. The molecule has 1 aliphatic carbocycles. The van der Waals surface area contributed by atoms with Crippen LogP contribution in [-0.2, 0) is 0 Å². The van der Waals surface area contributed by atoms with Gasteiger partial charge in [-0.25, -0.2) is 0 Å². The molecule has 1 saturated heterocycles. The van der Waals surface area contributed by atoms with Crippen LogP contribution in [0, 0.1) is 5.92 Å². The van der Waals surface area contributed by atoms with Gasteiger partial charge in [0.15, 0.2) is 0 Å². The van der Waals surface area contributed by atoms with Crippen molar-refractivity contribution in [2.24, 2.45) is 5.92 Å². The minimum atomic E-state index is -0.0708. The molecule has 126 valence electrons. The van der Waals surface area contributed by atoms with Crippen molar-refractivity contribution in [2.75, 3.05) is 19.7 Å². The number of aromatic nitrogens is 1. The van der Waals surface area contributed by atoms with E-state index in [0.29, 0.717) is 11.6 Å². The van der Waals surface area contributed by atoms with Gasteiger partial charge in [0.05, 0.1) is 0 Å². The summed E-state index contributed by atoms with van der Waals surface area (Å²) < 4.78 is 0. The van der Waals surface area contributed by atoms with E-state index >= 15 is 0 Å². The normalized spacial score (nSPS) is 26.8. The van der Waals surface area contributed by atoms with Gasteiger partial charge in [-0.3, -0.25) is 14.7 Å². The highest BCUT2D eigenvalue weighted by Crippen LogP contribution is 2.27. The highest BCUT2D eigenvalue weighted by atomic mass is 16.3. The third kappa shape index (κ3) is 4.09. The minimum absolute atomic E-state index is 0.0314. The van der Waals surface area contributed by atoms with Crippen molar-refractivity contribution in [3.63, 3.8) is 0 Å². The first kappa shape index (κ1) is 16.4. The maximum absolute atomic E-state index is 12.4. The van der Waals surface area contributed by atoms with Crippen molar-refractivity contribution < 1.29 is 9.90 Å². The lowest BCUT2D eigenvalue weighted by molar-refractivity contribution is 0.0920. The van der Waals surface area contributed by atoms with Crippen LogP contribution in [0.4, 0.5) is 0 Å². The molecule has 2 atom stereocenters. The lowest BCUT2D eigenvalue weighted by Crippen LogP contribution is -2.42. The number of aliphatic hydroxyl groups is 1. The minimum Gasteiger partial charge on any atom is -0.396 e. The van der Waals surface area contributed by atoms with E-state index in [1.807, 2.05) is 0 Å². The van der Waals surface area contributed by atoms with Crippen LogP contribution in [0.15, 0.2) is 24.5 Å². The number of nitrogens with one attached hydrogen (secondary N) is 1. The second-order valence-electron chi connectivity index (χ2n) is 6.86. The number of nitrogens with zero attached hydrogens (tertiary/aromatic N) is 2. The fourth-order valence-corrected chi connectivity index (χ4v) is 3.93. The molecule has 2 heterocycles. The van der Waals surface area contributed by atoms with Crippen molar-refractivity contribution in [2.45, 2.75) is 50.6 Å². The smallest absolute Gasteiger partial charge is 0.251 e. The van der Waals surface area contributed by atoms with Gasteiger partial charge in [-0.2, -0.15) is 0 Å². The van der Waals surface area contributed by atoms with Crippen LogP contribution in [0.25, 0.3) is 0 Å². The molecule has 0 radical (unpaired) electrons. The number of aliphatic hydroxyl groups excluding tert-OH is 1.